The van der Waals surface area contributed by atoms with Crippen molar-refractivity contribution >= 4 is 27.6 Å². The maximum Gasteiger partial charge on any atom is 0.331 e. The molecule has 1 unspecified atom stereocenters. The zero-order valence-corrected chi connectivity index (χ0v) is 14.6. The first-order valence-corrected chi connectivity index (χ1v) is 8.37. The number of benzene rings is 1. The van der Waals surface area contributed by atoms with Gasteiger partial charge in [0.1, 0.15) is 5.54 Å². The number of carbonyl (C=O) groups is 1. The summed E-state index contributed by atoms with van der Waals surface area (Å²) < 4.78 is 6.37. The molecular formula is C17H24BrNO2. The van der Waals surface area contributed by atoms with Crippen molar-refractivity contribution in [3.05, 3.63) is 28.7 Å². The first kappa shape index (κ1) is 16.3. The van der Waals surface area contributed by atoms with Crippen molar-refractivity contribution in [1.29, 1.82) is 0 Å². The molecule has 1 fully saturated rings. The highest BCUT2D eigenvalue weighted by molar-refractivity contribution is 9.10. The molecule has 0 bridgehead atoms. The van der Waals surface area contributed by atoms with Gasteiger partial charge in [0.25, 0.3) is 0 Å². The minimum atomic E-state index is -0.613. The Morgan fingerprint density at radius 2 is 2.14 bits per heavy atom. The fourth-order valence-electron chi connectivity index (χ4n) is 3.31. The Morgan fingerprint density at radius 1 is 1.38 bits per heavy atom. The molecule has 0 spiro atoms. The molecule has 4 heteroatoms. The Kier molecular flexibility index (Phi) is 4.97. The first-order chi connectivity index (χ1) is 9.87. The molecule has 0 saturated heterocycles. The van der Waals surface area contributed by atoms with Crippen molar-refractivity contribution in [3.8, 4) is 0 Å². The lowest BCUT2D eigenvalue weighted by Gasteiger charge is -2.44. The zero-order valence-electron chi connectivity index (χ0n) is 13.0. The molecule has 1 atom stereocenters. The van der Waals surface area contributed by atoms with E-state index >= 15 is 0 Å². The number of carbonyl (C=O) groups excluding carboxylic acids is 1. The Labute approximate surface area is 135 Å². The lowest BCUT2D eigenvalue weighted by Crippen LogP contribution is -2.52. The summed E-state index contributed by atoms with van der Waals surface area (Å²) in [5.74, 6) is -0.127. The molecule has 0 radical (unpaired) electrons. The summed E-state index contributed by atoms with van der Waals surface area (Å²) in [7, 11) is 0. The second-order valence-electron chi connectivity index (χ2n) is 6.63. The van der Waals surface area contributed by atoms with Crippen LogP contribution in [0.1, 0.15) is 46.5 Å². The van der Waals surface area contributed by atoms with Crippen LogP contribution in [0.2, 0.25) is 0 Å². The van der Waals surface area contributed by atoms with Gasteiger partial charge in [0.2, 0.25) is 0 Å². The van der Waals surface area contributed by atoms with Crippen LogP contribution in [0, 0.1) is 5.41 Å². The van der Waals surface area contributed by atoms with Gasteiger partial charge in [-0.05, 0) is 56.2 Å². The quantitative estimate of drug-likeness (QED) is 0.792. The molecule has 1 aromatic rings. The smallest absolute Gasteiger partial charge is 0.331 e. The SMILES string of the molecule is CCOC(=O)C1(Nc2cccc(Br)c2)CCCC(C)(C)C1. The van der Waals surface area contributed by atoms with E-state index in [9.17, 15) is 4.79 Å². The third-order valence-corrected chi connectivity index (χ3v) is 4.61. The molecule has 0 aromatic heterocycles. The number of hydrogen-bond acceptors (Lipinski definition) is 3. The summed E-state index contributed by atoms with van der Waals surface area (Å²) >= 11 is 3.48. The first-order valence-electron chi connectivity index (χ1n) is 7.58. The third-order valence-electron chi connectivity index (χ3n) is 4.11. The van der Waals surface area contributed by atoms with Crippen molar-refractivity contribution in [2.75, 3.05) is 11.9 Å². The van der Waals surface area contributed by atoms with Gasteiger partial charge in [0.15, 0.2) is 0 Å². The minimum Gasteiger partial charge on any atom is -0.464 e. The Morgan fingerprint density at radius 3 is 2.76 bits per heavy atom. The van der Waals surface area contributed by atoms with Crippen molar-refractivity contribution < 1.29 is 9.53 Å². The number of esters is 1. The molecule has 1 aromatic carbocycles. The van der Waals surface area contributed by atoms with Crippen molar-refractivity contribution in [2.24, 2.45) is 5.41 Å². The number of ether oxygens (including phenoxy) is 1. The van der Waals surface area contributed by atoms with E-state index in [0.717, 1.165) is 35.8 Å². The van der Waals surface area contributed by atoms with Crippen LogP contribution in [-0.2, 0) is 9.53 Å². The van der Waals surface area contributed by atoms with Crippen LogP contribution in [0.5, 0.6) is 0 Å². The molecule has 1 N–H and O–H groups in total. The maximum atomic E-state index is 12.6. The van der Waals surface area contributed by atoms with Crippen LogP contribution in [0.25, 0.3) is 0 Å². The summed E-state index contributed by atoms with van der Waals surface area (Å²) in [5, 5.41) is 3.47. The highest BCUT2D eigenvalue weighted by Crippen LogP contribution is 2.43. The maximum absolute atomic E-state index is 12.6. The van der Waals surface area contributed by atoms with E-state index in [-0.39, 0.29) is 11.4 Å². The van der Waals surface area contributed by atoms with Crippen LogP contribution in [0.3, 0.4) is 0 Å². The summed E-state index contributed by atoms with van der Waals surface area (Å²) in [4.78, 5) is 12.6. The molecule has 1 aliphatic rings. The summed E-state index contributed by atoms with van der Waals surface area (Å²) in [5.41, 5.74) is 0.484. The minimum absolute atomic E-state index is 0.127. The van der Waals surface area contributed by atoms with E-state index in [2.05, 4.69) is 35.1 Å². The molecule has 3 nitrogen and oxygen atoms in total. The predicted octanol–water partition coefficient (Wildman–Crippen LogP) is 4.76. The standard InChI is InChI=1S/C17H24BrNO2/c1-4-21-15(20)17(10-6-9-16(2,3)12-17)19-14-8-5-7-13(18)11-14/h5,7-8,11,19H,4,6,9-10,12H2,1-3H3. The van der Waals surface area contributed by atoms with Crippen molar-refractivity contribution in [2.45, 2.75) is 52.0 Å². The Hall–Kier alpha value is -1.03. The lowest BCUT2D eigenvalue weighted by molar-refractivity contribution is -0.151. The van der Waals surface area contributed by atoms with Gasteiger partial charge < -0.3 is 10.1 Å². The van der Waals surface area contributed by atoms with Crippen LogP contribution < -0.4 is 5.32 Å². The van der Waals surface area contributed by atoms with E-state index in [4.69, 9.17) is 4.74 Å². The van der Waals surface area contributed by atoms with E-state index in [1.54, 1.807) is 0 Å². The second kappa shape index (κ2) is 6.39. The largest absolute Gasteiger partial charge is 0.464 e. The molecule has 0 aliphatic heterocycles. The van der Waals surface area contributed by atoms with Crippen LogP contribution in [0.4, 0.5) is 5.69 Å². The predicted molar refractivity (Wildman–Crippen MR) is 89.4 cm³/mol. The Bertz CT molecular complexity index is 515. The molecule has 1 saturated carbocycles. The molecule has 21 heavy (non-hydrogen) atoms. The lowest BCUT2D eigenvalue weighted by atomic mass is 9.68. The highest BCUT2D eigenvalue weighted by atomic mass is 79.9. The number of hydrogen-bond donors (Lipinski definition) is 1. The highest BCUT2D eigenvalue weighted by Gasteiger charge is 2.46. The van der Waals surface area contributed by atoms with Crippen LogP contribution >= 0.6 is 15.9 Å². The van der Waals surface area contributed by atoms with E-state index in [1.165, 1.54) is 0 Å². The summed E-state index contributed by atoms with van der Waals surface area (Å²) in [6, 6.07) is 7.95. The van der Waals surface area contributed by atoms with Gasteiger partial charge >= 0.3 is 5.97 Å². The summed E-state index contributed by atoms with van der Waals surface area (Å²) in [6.45, 7) is 6.73. The zero-order chi connectivity index (χ0) is 15.5. The number of nitrogens with one attached hydrogen (secondary N) is 1. The topological polar surface area (TPSA) is 38.3 Å². The fourth-order valence-corrected chi connectivity index (χ4v) is 3.71. The number of rotatable bonds is 4. The van der Waals surface area contributed by atoms with Gasteiger partial charge in [-0.1, -0.05) is 35.8 Å². The van der Waals surface area contributed by atoms with E-state index in [1.807, 2.05) is 31.2 Å². The average Bonchev–Trinajstić information content (AvgIpc) is 2.37. The van der Waals surface area contributed by atoms with Gasteiger partial charge in [0, 0.05) is 10.2 Å². The van der Waals surface area contributed by atoms with Crippen molar-refractivity contribution in [3.63, 3.8) is 0 Å². The number of halogens is 1. The van der Waals surface area contributed by atoms with Crippen molar-refractivity contribution in [1.82, 2.24) is 0 Å². The average molecular weight is 354 g/mol. The molecule has 2 rings (SSSR count). The molecule has 116 valence electrons. The number of anilines is 1. The summed E-state index contributed by atoms with van der Waals surface area (Å²) in [6.07, 6.45) is 3.80. The monoisotopic (exact) mass is 353 g/mol. The molecule has 0 heterocycles. The normalized spacial score (nSPS) is 24.4. The third kappa shape index (κ3) is 4.00. The van der Waals surface area contributed by atoms with Gasteiger partial charge in [-0.15, -0.1) is 0 Å². The molecule has 1 aliphatic carbocycles. The molecular weight excluding hydrogens is 330 g/mol. The Balaban J connectivity index is 2.29. The van der Waals surface area contributed by atoms with Gasteiger partial charge in [-0.2, -0.15) is 0 Å². The fraction of sp³-hybridized carbons (Fsp3) is 0.588. The van der Waals surface area contributed by atoms with Gasteiger partial charge in [-0.25, -0.2) is 4.79 Å². The van der Waals surface area contributed by atoms with Crippen LogP contribution in [-0.4, -0.2) is 18.1 Å². The van der Waals surface area contributed by atoms with Gasteiger partial charge in [0.05, 0.1) is 6.61 Å². The van der Waals surface area contributed by atoms with Crippen LogP contribution in [0.15, 0.2) is 28.7 Å². The van der Waals surface area contributed by atoms with Gasteiger partial charge in [-0.3, -0.25) is 0 Å². The van der Waals surface area contributed by atoms with E-state index < -0.39 is 5.54 Å². The van der Waals surface area contributed by atoms with E-state index in [0.29, 0.717) is 6.61 Å². The second-order valence-corrected chi connectivity index (χ2v) is 7.55. The molecule has 0 amide bonds.